The molecule has 0 aliphatic carbocycles. The highest BCUT2D eigenvalue weighted by atomic mass is 16.5. The minimum atomic E-state index is 0.183. The molecule has 1 aromatic rings. The number of hydrogen-bond donors (Lipinski definition) is 0. The van der Waals surface area contributed by atoms with Crippen LogP contribution in [0.1, 0.15) is 56.1 Å². The number of piperidine rings is 2. The summed E-state index contributed by atoms with van der Waals surface area (Å²) in [4.78, 5) is 16.7. The Balaban J connectivity index is 1.62. The van der Waals surface area contributed by atoms with Crippen molar-refractivity contribution < 1.29 is 9.53 Å². The normalized spacial score (nSPS) is 22.3. The minimum absolute atomic E-state index is 0.183. The average Bonchev–Trinajstić information content (AvgIpc) is 3.01. The van der Waals surface area contributed by atoms with Crippen molar-refractivity contribution in [2.45, 2.75) is 51.0 Å². The van der Waals surface area contributed by atoms with Crippen LogP contribution in [0.4, 0.5) is 0 Å². The fourth-order valence-electron chi connectivity index (χ4n) is 3.95. The summed E-state index contributed by atoms with van der Waals surface area (Å²) >= 11 is 0. The maximum Gasteiger partial charge on any atom is 0.224 e. The number of amides is 1. The zero-order valence-electron chi connectivity index (χ0n) is 15.6. The van der Waals surface area contributed by atoms with Crippen molar-refractivity contribution in [3.05, 3.63) is 11.6 Å². The highest BCUT2D eigenvalue weighted by Crippen LogP contribution is 2.26. The van der Waals surface area contributed by atoms with Crippen LogP contribution in [0.15, 0.2) is 0 Å². The summed E-state index contributed by atoms with van der Waals surface area (Å²) in [7, 11) is 3.70. The molecule has 1 atom stereocenters. The molecule has 0 spiro atoms. The molecule has 0 aromatic carbocycles. The van der Waals surface area contributed by atoms with E-state index in [9.17, 15) is 4.79 Å². The van der Waals surface area contributed by atoms with Crippen LogP contribution in [-0.2, 0) is 23.1 Å². The first kappa shape index (κ1) is 18.3. The third-order valence-electron chi connectivity index (χ3n) is 5.47. The molecule has 2 saturated heterocycles. The first-order chi connectivity index (χ1) is 12.2. The summed E-state index contributed by atoms with van der Waals surface area (Å²) < 4.78 is 7.19. The summed E-state index contributed by atoms with van der Waals surface area (Å²) in [5.41, 5.74) is 0. The third kappa shape index (κ3) is 4.58. The number of carbonyl (C=O) groups is 1. The Labute approximate surface area is 150 Å². The van der Waals surface area contributed by atoms with E-state index in [1.165, 1.54) is 19.3 Å². The Morgan fingerprint density at radius 2 is 1.96 bits per heavy atom. The molecule has 0 unspecified atom stereocenters. The van der Waals surface area contributed by atoms with E-state index in [4.69, 9.17) is 4.74 Å². The zero-order valence-corrected chi connectivity index (χ0v) is 15.6. The summed E-state index contributed by atoms with van der Waals surface area (Å²) in [6.45, 7) is 5.28. The van der Waals surface area contributed by atoms with Gasteiger partial charge in [0.1, 0.15) is 11.6 Å². The van der Waals surface area contributed by atoms with Crippen molar-refractivity contribution in [3.8, 4) is 0 Å². The van der Waals surface area contributed by atoms with Gasteiger partial charge in [-0.05, 0) is 38.8 Å². The molecule has 3 heterocycles. The van der Waals surface area contributed by atoms with Gasteiger partial charge >= 0.3 is 0 Å². The molecule has 7 heteroatoms. The second-order valence-corrected chi connectivity index (χ2v) is 7.29. The van der Waals surface area contributed by atoms with Crippen LogP contribution in [-0.4, -0.2) is 70.4 Å². The number of carbonyl (C=O) groups excluding carboxylic acids is 1. The Hall–Kier alpha value is -1.47. The second-order valence-electron chi connectivity index (χ2n) is 7.29. The minimum Gasteiger partial charge on any atom is -0.384 e. The lowest BCUT2D eigenvalue weighted by Gasteiger charge is -2.32. The standard InChI is InChI=1S/C18H31N5O2/c1-21-16(14-22-9-4-3-5-10-22)19-20-18(21)15-7-6-11-23(13-15)17(24)8-12-25-2/h15H,3-14H2,1-2H3/t15-/m0/s1. The van der Waals surface area contributed by atoms with Gasteiger partial charge in [0, 0.05) is 33.2 Å². The van der Waals surface area contributed by atoms with Gasteiger partial charge in [-0.2, -0.15) is 0 Å². The summed E-state index contributed by atoms with van der Waals surface area (Å²) in [5, 5.41) is 8.94. The van der Waals surface area contributed by atoms with Crippen molar-refractivity contribution in [3.63, 3.8) is 0 Å². The molecule has 0 bridgehead atoms. The van der Waals surface area contributed by atoms with Gasteiger partial charge in [0.25, 0.3) is 0 Å². The van der Waals surface area contributed by atoms with Gasteiger partial charge in [-0.1, -0.05) is 6.42 Å². The molecular formula is C18H31N5O2. The van der Waals surface area contributed by atoms with Crippen LogP contribution in [0.3, 0.4) is 0 Å². The van der Waals surface area contributed by atoms with Gasteiger partial charge in [-0.3, -0.25) is 9.69 Å². The number of methoxy groups -OCH3 is 1. The molecule has 140 valence electrons. The first-order valence-corrected chi connectivity index (χ1v) is 9.56. The van der Waals surface area contributed by atoms with Crippen LogP contribution in [0.25, 0.3) is 0 Å². The molecule has 25 heavy (non-hydrogen) atoms. The van der Waals surface area contributed by atoms with E-state index in [0.717, 1.165) is 57.2 Å². The number of hydrogen-bond acceptors (Lipinski definition) is 5. The van der Waals surface area contributed by atoms with Gasteiger partial charge in [0.2, 0.25) is 5.91 Å². The number of nitrogens with zero attached hydrogens (tertiary/aromatic N) is 5. The van der Waals surface area contributed by atoms with Gasteiger partial charge in [-0.25, -0.2) is 0 Å². The monoisotopic (exact) mass is 349 g/mol. The fourth-order valence-corrected chi connectivity index (χ4v) is 3.95. The van der Waals surface area contributed by atoms with Crippen LogP contribution >= 0.6 is 0 Å². The molecular weight excluding hydrogens is 318 g/mol. The van der Waals surface area contributed by atoms with E-state index < -0.39 is 0 Å². The third-order valence-corrected chi connectivity index (χ3v) is 5.47. The second kappa shape index (κ2) is 8.76. The number of likely N-dealkylation sites (tertiary alicyclic amines) is 2. The number of aromatic nitrogens is 3. The number of rotatable bonds is 6. The zero-order chi connectivity index (χ0) is 17.6. The van der Waals surface area contributed by atoms with E-state index in [1.54, 1.807) is 7.11 Å². The largest absolute Gasteiger partial charge is 0.384 e. The quantitative estimate of drug-likeness (QED) is 0.780. The van der Waals surface area contributed by atoms with Gasteiger partial charge in [0.15, 0.2) is 0 Å². The molecule has 1 aromatic heterocycles. The van der Waals surface area contributed by atoms with Crippen molar-refractivity contribution in [1.29, 1.82) is 0 Å². The topological polar surface area (TPSA) is 63.5 Å². The van der Waals surface area contributed by atoms with E-state index in [0.29, 0.717) is 13.0 Å². The predicted octanol–water partition coefficient (Wildman–Crippen LogP) is 1.54. The van der Waals surface area contributed by atoms with Crippen LogP contribution < -0.4 is 0 Å². The van der Waals surface area contributed by atoms with Crippen molar-refractivity contribution in [1.82, 2.24) is 24.6 Å². The van der Waals surface area contributed by atoms with Gasteiger partial charge in [0.05, 0.1) is 19.6 Å². The van der Waals surface area contributed by atoms with Crippen LogP contribution in [0.5, 0.6) is 0 Å². The maximum atomic E-state index is 12.3. The Morgan fingerprint density at radius 3 is 2.72 bits per heavy atom. The van der Waals surface area contributed by atoms with Crippen molar-refractivity contribution in [2.75, 3.05) is 39.9 Å². The highest BCUT2D eigenvalue weighted by molar-refractivity contribution is 5.76. The lowest BCUT2D eigenvalue weighted by Crippen LogP contribution is -2.40. The molecule has 2 aliphatic heterocycles. The fraction of sp³-hybridized carbons (Fsp3) is 0.833. The lowest BCUT2D eigenvalue weighted by molar-refractivity contribution is -0.133. The maximum absolute atomic E-state index is 12.3. The van der Waals surface area contributed by atoms with Crippen molar-refractivity contribution >= 4 is 5.91 Å². The molecule has 0 N–H and O–H groups in total. The Morgan fingerprint density at radius 1 is 1.16 bits per heavy atom. The van der Waals surface area contributed by atoms with Crippen LogP contribution in [0.2, 0.25) is 0 Å². The molecule has 2 fully saturated rings. The SMILES string of the molecule is COCCC(=O)N1CCC[C@H](c2nnc(CN3CCCCC3)n2C)C1. The van der Waals surface area contributed by atoms with E-state index >= 15 is 0 Å². The summed E-state index contributed by atoms with van der Waals surface area (Å²) in [5.74, 6) is 2.53. The summed E-state index contributed by atoms with van der Waals surface area (Å²) in [6.07, 6.45) is 6.47. The molecule has 0 radical (unpaired) electrons. The van der Waals surface area contributed by atoms with E-state index in [-0.39, 0.29) is 11.8 Å². The van der Waals surface area contributed by atoms with Gasteiger partial charge < -0.3 is 14.2 Å². The highest BCUT2D eigenvalue weighted by Gasteiger charge is 2.28. The molecule has 0 saturated carbocycles. The Bertz CT molecular complexity index is 568. The smallest absolute Gasteiger partial charge is 0.224 e. The van der Waals surface area contributed by atoms with Crippen LogP contribution in [0, 0.1) is 0 Å². The van der Waals surface area contributed by atoms with E-state index in [2.05, 4.69) is 26.7 Å². The Kier molecular flexibility index (Phi) is 6.42. The molecule has 1 amide bonds. The molecule has 7 nitrogen and oxygen atoms in total. The predicted molar refractivity (Wildman–Crippen MR) is 95.2 cm³/mol. The van der Waals surface area contributed by atoms with Crippen molar-refractivity contribution in [2.24, 2.45) is 7.05 Å². The summed E-state index contributed by atoms with van der Waals surface area (Å²) in [6, 6.07) is 0. The average molecular weight is 349 g/mol. The first-order valence-electron chi connectivity index (χ1n) is 9.56. The molecule has 3 rings (SSSR count). The lowest BCUT2D eigenvalue weighted by atomic mass is 9.97. The number of ether oxygens (including phenoxy) is 1. The molecule has 2 aliphatic rings. The van der Waals surface area contributed by atoms with E-state index in [1.807, 2.05) is 4.90 Å². The van der Waals surface area contributed by atoms with Gasteiger partial charge in [-0.15, -0.1) is 10.2 Å².